The molecule has 0 bridgehead atoms. The highest BCUT2D eigenvalue weighted by Crippen LogP contribution is 2.18. The number of ether oxygens (including phenoxy) is 1. The Kier molecular flexibility index (Phi) is 6.81. The Morgan fingerprint density at radius 2 is 1.68 bits per heavy atom. The summed E-state index contributed by atoms with van der Waals surface area (Å²) >= 11 is 0. The number of hydrogen-bond donors (Lipinski definition) is 2. The van der Waals surface area contributed by atoms with E-state index in [1.807, 2.05) is 0 Å². The Labute approximate surface area is 180 Å². The van der Waals surface area contributed by atoms with Crippen molar-refractivity contribution in [1.29, 1.82) is 0 Å². The molecule has 3 aromatic rings. The van der Waals surface area contributed by atoms with Gasteiger partial charge in [0.15, 0.2) is 0 Å². The van der Waals surface area contributed by atoms with Crippen molar-refractivity contribution in [1.82, 2.24) is 9.78 Å². The summed E-state index contributed by atoms with van der Waals surface area (Å²) in [7, 11) is 0. The van der Waals surface area contributed by atoms with Gasteiger partial charge in [-0.3, -0.25) is 9.59 Å². The zero-order valence-electron chi connectivity index (χ0n) is 17.6. The van der Waals surface area contributed by atoms with E-state index in [0.29, 0.717) is 46.9 Å². The lowest BCUT2D eigenvalue weighted by Gasteiger charge is -2.09. The number of benzene rings is 2. The standard InChI is InChI=1S/C23H24N4O4/c1-4-21(28)25-17-7-6-8-18(13-17)26-22(29)16-9-11-19(12-10-16)27-15(3)20(14-24-27)23(30)31-5-2/h6-14H,4-5H2,1-3H3,(H,25,28)(H,26,29). The third-order valence-electron chi connectivity index (χ3n) is 4.60. The smallest absolute Gasteiger partial charge is 0.341 e. The van der Waals surface area contributed by atoms with E-state index >= 15 is 0 Å². The fraction of sp³-hybridized carbons (Fsp3) is 0.217. The van der Waals surface area contributed by atoms with E-state index in [-0.39, 0.29) is 11.8 Å². The van der Waals surface area contributed by atoms with Crippen LogP contribution in [0, 0.1) is 6.92 Å². The number of rotatable bonds is 7. The summed E-state index contributed by atoms with van der Waals surface area (Å²) in [5.74, 6) is -0.798. The Bertz CT molecular complexity index is 1100. The van der Waals surface area contributed by atoms with Gasteiger partial charge in [0.05, 0.1) is 24.2 Å². The molecule has 0 fully saturated rings. The number of carbonyl (C=O) groups excluding carboxylic acids is 3. The minimum absolute atomic E-state index is 0.0981. The molecule has 0 aliphatic carbocycles. The molecule has 0 spiro atoms. The average Bonchev–Trinajstić information content (AvgIpc) is 3.15. The van der Waals surface area contributed by atoms with Gasteiger partial charge in [-0.15, -0.1) is 0 Å². The summed E-state index contributed by atoms with van der Waals surface area (Å²) < 4.78 is 6.65. The minimum atomic E-state index is -0.417. The molecule has 0 saturated heterocycles. The molecule has 2 amide bonds. The number of aromatic nitrogens is 2. The van der Waals surface area contributed by atoms with Crippen LogP contribution in [0.25, 0.3) is 5.69 Å². The van der Waals surface area contributed by atoms with Gasteiger partial charge in [-0.05, 0) is 56.3 Å². The summed E-state index contributed by atoms with van der Waals surface area (Å²) in [6.07, 6.45) is 1.85. The van der Waals surface area contributed by atoms with E-state index in [4.69, 9.17) is 4.74 Å². The second-order valence-electron chi connectivity index (χ2n) is 6.76. The van der Waals surface area contributed by atoms with Crippen molar-refractivity contribution >= 4 is 29.2 Å². The third kappa shape index (κ3) is 5.16. The highest BCUT2D eigenvalue weighted by atomic mass is 16.5. The first-order valence-corrected chi connectivity index (χ1v) is 9.96. The molecule has 160 valence electrons. The van der Waals surface area contributed by atoms with Crippen molar-refractivity contribution in [3.63, 3.8) is 0 Å². The topological polar surface area (TPSA) is 102 Å². The molecule has 0 aliphatic heterocycles. The van der Waals surface area contributed by atoms with Crippen molar-refractivity contribution < 1.29 is 19.1 Å². The first-order chi connectivity index (χ1) is 14.9. The predicted molar refractivity (Wildman–Crippen MR) is 118 cm³/mol. The van der Waals surface area contributed by atoms with Gasteiger partial charge >= 0.3 is 5.97 Å². The highest BCUT2D eigenvalue weighted by molar-refractivity contribution is 6.04. The Morgan fingerprint density at radius 3 is 2.32 bits per heavy atom. The normalized spacial score (nSPS) is 10.4. The molecule has 0 saturated carbocycles. The van der Waals surface area contributed by atoms with E-state index in [2.05, 4.69) is 15.7 Å². The van der Waals surface area contributed by atoms with E-state index in [0.717, 1.165) is 0 Å². The fourth-order valence-electron chi connectivity index (χ4n) is 2.96. The van der Waals surface area contributed by atoms with Crippen LogP contribution in [0.5, 0.6) is 0 Å². The van der Waals surface area contributed by atoms with Gasteiger partial charge in [-0.25, -0.2) is 9.48 Å². The number of hydrogen-bond acceptors (Lipinski definition) is 5. The Balaban J connectivity index is 1.72. The number of nitrogens with zero attached hydrogens (tertiary/aromatic N) is 2. The van der Waals surface area contributed by atoms with Crippen LogP contribution in [0.2, 0.25) is 0 Å². The molecular weight excluding hydrogens is 396 g/mol. The molecule has 1 aromatic heterocycles. The summed E-state index contributed by atoms with van der Waals surface area (Å²) in [5, 5.41) is 9.83. The zero-order valence-corrected chi connectivity index (χ0v) is 17.6. The quantitative estimate of drug-likeness (QED) is 0.563. The van der Waals surface area contributed by atoms with Crippen LogP contribution in [-0.4, -0.2) is 34.2 Å². The Hall–Kier alpha value is -3.94. The maximum absolute atomic E-state index is 12.6. The maximum Gasteiger partial charge on any atom is 0.341 e. The molecule has 2 N–H and O–H groups in total. The van der Waals surface area contributed by atoms with Gasteiger partial charge in [0.1, 0.15) is 5.56 Å². The van der Waals surface area contributed by atoms with Crippen molar-refractivity contribution in [2.75, 3.05) is 17.2 Å². The van der Waals surface area contributed by atoms with Crippen LogP contribution in [0.15, 0.2) is 54.7 Å². The van der Waals surface area contributed by atoms with Crippen LogP contribution >= 0.6 is 0 Å². The molecule has 1 heterocycles. The van der Waals surface area contributed by atoms with Gasteiger partial charge in [-0.1, -0.05) is 13.0 Å². The molecule has 3 rings (SSSR count). The highest BCUT2D eigenvalue weighted by Gasteiger charge is 2.16. The van der Waals surface area contributed by atoms with Crippen molar-refractivity contribution in [3.8, 4) is 5.69 Å². The average molecular weight is 420 g/mol. The number of amides is 2. The number of esters is 1. The predicted octanol–water partition coefficient (Wildman–Crippen LogP) is 3.96. The minimum Gasteiger partial charge on any atom is -0.462 e. The Morgan fingerprint density at radius 1 is 1.00 bits per heavy atom. The number of anilines is 2. The third-order valence-corrected chi connectivity index (χ3v) is 4.60. The van der Waals surface area contributed by atoms with Crippen LogP contribution < -0.4 is 10.6 Å². The monoisotopic (exact) mass is 420 g/mol. The van der Waals surface area contributed by atoms with Crippen LogP contribution in [0.3, 0.4) is 0 Å². The van der Waals surface area contributed by atoms with Gasteiger partial charge in [0.25, 0.3) is 5.91 Å². The molecule has 0 radical (unpaired) electrons. The summed E-state index contributed by atoms with van der Waals surface area (Å²) in [6.45, 7) is 5.59. The molecule has 0 aliphatic rings. The van der Waals surface area contributed by atoms with Crippen molar-refractivity contribution in [2.24, 2.45) is 0 Å². The number of carbonyl (C=O) groups is 3. The van der Waals surface area contributed by atoms with E-state index in [9.17, 15) is 14.4 Å². The first-order valence-electron chi connectivity index (χ1n) is 9.96. The number of nitrogens with one attached hydrogen (secondary N) is 2. The fourth-order valence-corrected chi connectivity index (χ4v) is 2.96. The summed E-state index contributed by atoms with van der Waals surface area (Å²) in [4.78, 5) is 36.1. The van der Waals surface area contributed by atoms with Gasteiger partial charge in [0, 0.05) is 23.4 Å². The largest absolute Gasteiger partial charge is 0.462 e. The van der Waals surface area contributed by atoms with Crippen molar-refractivity contribution in [3.05, 3.63) is 71.5 Å². The van der Waals surface area contributed by atoms with Crippen molar-refractivity contribution in [2.45, 2.75) is 27.2 Å². The lowest BCUT2D eigenvalue weighted by Crippen LogP contribution is -2.13. The zero-order chi connectivity index (χ0) is 22.4. The molecule has 0 atom stereocenters. The van der Waals surface area contributed by atoms with Gasteiger partial charge in [0.2, 0.25) is 5.91 Å². The van der Waals surface area contributed by atoms with E-state index in [1.165, 1.54) is 6.20 Å². The molecule has 8 heteroatoms. The molecule has 0 unspecified atom stereocenters. The van der Waals surface area contributed by atoms with Crippen LogP contribution in [0.4, 0.5) is 11.4 Å². The second-order valence-corrected chi connectivity index (χ2v) is 6.76. The summed E-state index contributed by atoms with van der Waals surface area (Å²) in [5.41, 5.74) is 3.42. The van der Waals surface area contributed by atoms with E-state index < -0.39 is 5.97 Å². The van der Waals surface area contributed by atoms with Crippen LogP contribution in [-0.2, 0) is 9.53 Å². The molecular formula is C23H24N4O4. The second kappa shape index (κ2) is 9.71. The molecule has 31 heavy (non-hydrogen) atoms. The van der Waals surface area contributed by atoms with Crippen LogP contribution in [0.1, 0.15) is 46.7 Å². The molecule has 2 aromatic carbocycles. The summed E-state index contributed by atoms with van der Waals surface area (Å²) in [6, 6.07) is 13.8. The first kappa shape index (κ1) is 21.8. The lowest BCUT2D eigenvalue weighted by molar-refractivity contribution is -0.115. The maximum atomic E-state index is 12.6. The van der Waals surface area contributed by atoms with Gasteiger partial charge < -0.3 is 15.4 Å². The van der Waals surface area contributed by atoms with E-state index in [1.54, 1.807) is 74.0 Å². The SMILES string of the molecule is CCOC(=O)c1cnn(-c2ccc(C(=O)Nc3cccc(NC(=O)CC)c3)cc2)c1C. The lowest BCUT2D eigenvalue weighted by atomic mass is 10.1. The molecule has 8 nitrogen and oxygen atoms in total. The van der Waals surface area contributed by atoms with Gasteiger partial charge in [-0.2, -0.15) is 5.10 Å².